The Labute approximate surface area is 98.8 Å². The van der Waals surface area contributed by atoms with Crippen LogP contribution in [-0.2, 0) is 4.74 Å². The molecule has 1 aliphatic heterocycles. The van der Waals surface area contributed by atoms with Gasteiger partial charge in [0.2, 0.25) is 0 Å². The van der Waals surface area contributed by atoms with E-state index in [1.165, 1.54) is 12.1 Å². The first-order valence-corrected chi connectivity index (χ1v) is 5.41. The summed E-state index contributed by atoms with van der Waals surface area (Å²) >= 11 is 0. The number of anilines is 1. The monoisotopic (exact) mass is 236 g/mol. The lowest BCUT2D eigenvalue weighted by atomic mass is 10.1. The number of nitrogens with zero attached hydrogens (tertiary/aromatic N) is 2. The van der Waals surface area contributed by atoms with E-state index in [1.54, 1.807) is 6.07 Å². The van der Waals surface area contributed by atoms with Crippen LogP contribution in [0.2, 0.25) is 0 Å². The third-order valence-electron chi connectivity index (χ3n) is 2.83. The van der Waals surface area contributed by atoms with Gasteiger partial charge in [-0.2, -0.15) is 5.26 Å². The van der Waals surface area contributed by atoms with Crippen LogP contribution in [0.4, 0.5) is 10.1 Å². The van der Waals surface area contributed by atoms with E-state index < -0.39 is 5.82 Å². The summed E-state index contributed by atoms with van der Waals surface area (Å²) in [6.45, 7) is 1.49. The van der Waals surface area contributed by atoms with E-state index >= 15 is 0 Å². The van der Waals surface area contributed by atoms with Crippen LogP contribution in [0, 0.1) is 17.1 Å². The minimum atomic E-state index is -0.431. The molecule has 0 aromatic heterocycles. The van der Waals surface area contributed by atoms with Crippen molar-refractivity contribution in [3.05, 3.63) is 29.6 Å². The van der Waals surface area contributed by atoms with Crippen LogP contribution < -0.4 is 4.90 Å². The highest BCUT2D eigenvalue weighted by molar-refractivity contribution is 5.60. The fourth-order valence-electron chi connectivity index (χ4n) is 1.97. The molecule has 1 heterocycles. The van der Waals surface area contributed by atoms with Crippen molar-refractivity contribution in [2.75, 3.05) is 31.3 Å². The standard InChI is InChI=1S/C12H13FN2O2/c13-10-1-2-12(9(5-10)6-14)15-3-4-17-8-11(15)7-16/h1-2,5,11,16H,3-4,7-8H2. The lowest BCUT2D eigenvalue weighted by Gasteiger charge is -2.36. The molecule has 1 saturated heterocycles. The summed E-state index contributed by atoms with van der Waals surface area (Å²) in [5.74, 6) is -0.431. The molecule has 1 aromatic rings. The number of hydrogen-bond acceptors (Lipinski definition) is 4. The maximum Gasteiger partial charge on any atom is 0.124 e. The van der Waals surface area contributed by atoms with Crippen molar-refractivity contribution >= 4 is 5.69 Å². The van der Waals surface area contributed by atoms with Gasteiger partial charge >= 0.3 is 0 Å². The molecule has 1 fully saturated rings. The second-order valence-electron chi connectivity index (χ2n) is 3.88. The van der Waals surface area contributed by atoms with Crippen LogP contribution in [0.5, 0.6) is 0 Å². The highest BCUT2D eigenvalue weighted by Gasteiger charge is 2.24. The number of morpholine rings is 1. The number of aliphatic hydroxyl groups is 1. The Morgan fingerprint density at radius 2 is 2.41 bits per heavy atom. The van der Waals surface area contributed by atoms with Crippen LogP contribution in [0.1, 0.15) is 5.56 Å². The molecule has 0 aliphatic carbocycles. The van der Waals surface area contributed by atoms with Crippen LogP contribution in [0.3, 0.4) is 0 Å². The third-order valence-corrected chi connectivity index (χ3v) is 2.83. The van der Waals surface area contributed by atoms with Crippen LogP contribution in [0.25, 0.3) is 0 Å². The molecule has 0 saturated carbocycles. The van der Waals surface area contributed by atoms with Gasteiger partial charge in [-0.25, -0.2) is 4.39 Å². The molecule has 0 spiro atoms. The summed E-state index contributed by atoms with van der Waals surface area (Å²) in [6, 6.07) is 5.89. The molecular weight excluding hydrogens is 223 g/mol. The van der Waals surface area contributed by atoms with Crippen molar-refractivity contribution in [1.29, 1.82) is 5.26 Å². The van der Waals surface area contributed by atoms with Crippen LogP contribution in [-0.4, -0.2) is 37.5 Å². The van der Waals surface area contributed by atoms with Crippen molar-refractivity contribution in [1.82, 2.24) is 0 Å². The van der Waals surface area contributed by atoms with Crippen molar-refractivity contribution < 1.29 is 14.2 Å². The first-order valence-electron chi connectivity index (χ1n) is 5.41. The lowest BCUT2D eigenvalue weighted by molar-refractivity contribution is 0.0727. The molecule has 1 unspecified atom stereocenters. The average molecular weight is 236 g/mol. The molecule has 0 amide bonds. The maximum atomic E-state index is 13.0. The van der Waals surface area contributed by atoms with Gasteiger partial charge in [0.05, 0.1) is 37.1 Å². The summed E-state index contributed by atoms with van der Waals surface area (Å²) in [6.07, 6.45) is 0. The van der Waals surface area contributed by atoms with E-state index in [1.807, 2.05) is 11.0 Å². The molecule has 1 N–H and O–H groups in total. The van der Waals surface area contributed by atoms with E-state index in [4.69, 9.17) is 10.00 Å². The number of hydrogen-bond donors (Lipinski definition) is 1. The maximum absolute atomic E-state index is 13.0. The summed E-state index contributed by atoms with van der Waals surface area (Å²) in [5.41, 5.74) is 0.932. The highest BCUT2D eigenvalue weighted by atomic mass is 19.1. The molecule has 5 heteroatoms. The molecule has 0 radical (unpaired) electrons. The number of halogens is 1. The van der Waals surface area contributed by atoms with Crippen molar-refractivity contribution in [3.63, 3.8) is 0 Å². The van der Waals surface area contributed by atoms with Gasteiger partial charge in [-0.15, -0.1) is 0 Å². The van der Waals surface area contributed by atoms with Crippen molar-refractivity contribution in [3.8, 4) is 6.07 Å². The fourth-order valence-corrected chi connectivity index (χ4v) is 1.97. The molecule has 4 nitrogen and oxygen atoms in total. The summed E-state index contributed by atoms with van der Waals surface area (Å²) in [7, 11) is 0. The minimum absolute atomic E-state index is 0.0533. The fraction of sp³-hybridized carbons (Fsp3) is 0.417. The summed E-state index contributed by atoms with van der Waals surface area (Å²) in [5, 5.41) is 18.3. The molecule has 2 rings (SSSR count). The van der Waals surface area contributed by atoms with Gasteiger partial charge in [-0.1, -0.05) is 0 Å². The summed E-state index contributed by atoms with van der Waals surface area (Å²) < 4.78 is 18.3. The third kappa shape index (κ3) is 2.38. The summed E-state index contributed by atoms with van der Waals surface area (Å²) in [4.78, 5) is 1.89. The first-order chi connectivity index (χ1) is 8.26. The Hall–Kier alpha value is -1.64. The largest absolute Gasteiger partial charge is 0.394 e. The van der Waals surface area contributed by atoms with E-state index in [0.717, 1.165) is 0 Å². The predicted molar refractivity (Wildman–Crippen MR) is 60.2 cm³/mol. The Morgan fingerprint density at radius 3 is 3.12 bits per heavy atom. The van der Waals surface area contributed by atoms with E-state index in [-0.39, 0.29) is 18.2 Å². The topological polar surface area (TPSA) is 56.5 Å². The van der Waals surface area contributed by atoms with E-state index in [0.29, 0.717) is 25.4 Å². The van der Waals surface area contributed by atoms with Gasteiger partial charge in [0.25, 0.3) is 0 Å². The quantitative estimate of drug-likeness (QED) is 0.828. The van der Waals surface area contributed by atoms with Gasteiger partial charge in [-0.3, -0.25) is 0 Å². The van der Waals surface area contributed by atoms with Gasteiger partial charge < -0.3 is 14.7 Å². The highest BCUT2D eigenvalue weighted by Crippen LogP contribution is 2.24. The molecule has 0 bridgehead atoms. The van der Waals surface area contributed by atoms with Crippen LogP contribution in [0.15, 0.2) is 18.2 Å². The minimum Gasteiger partial charge on any atom is -0.394 e. The van der Waals surface area contributed by atoms with Crippen LogP contribution >= 0.6 is 0 Å². The SMILES string of the molecule is N#Cc1cc(F)ccc1N1CCOCC1CO. The number of aliphatic hydroxyl groups excluding tert-OH is 1. The molecule has 90 valence electrons. The van der Waals surface area contributed by atoms with Gasteiger partial charge in [0, 0.05) is 6.54 Å². The van der Waals surface area contributed by atoms with Gasteiger partial charge in [0.15, 0.2) is 0 Å². The zero-order valence-corrected chi connectivity index (χ0v) is 9.27. The number of ether oxygens (including phenoxy) is 1. The van der Waals surface area contributed by atoms with Crippen molar-refractivity contribution in [2.45, 2.75) is 6.04 Å². The zero-order valence-electron chi connectivity index (χ0n) is 9.27. The molecule has 17 heavy (non-hydrogen) atoms. The second-order valence-corrected chi connectivity index (χ2v) is 3.88. The predicted octanol–water partition coefficient (Wildman–Crippen LogP) is 0.895. The van der Waals surface area contributed by atoms with E-state index in [2.05, 4.69) is 0 Å². The Balaban J connectivity index is 2.35. The van der Waals surface area contributed by atoms with E-state index in [9.17, 15) is 9.50 Å². The molecule has 1 aliphatic rings. The average Bonchev–Trinajstić information content (AvgIpc) is 2.38. The zero-order chi connectivity index (χ0) is 12.3. The number of rotatable bonds is 2. The number of nitriles is 1. The molecule has 1 aromatic carbocycles. The Morgan fingerprint density at radius 1 is 1.59 bits per heavy atom. The van der Waals surface area contributed by atoms with Gasteiger partial charge in [0.1, 0.15) is 11.9 Å². The number of benzene rings is 1. The smallest absolute Gasteiger partial charge is 0.124 e. The second kappa shape index (κ2) is 5.13. The molecule has 1 atom stereocenters. The van der Waals surface area contributed by atoms with Gasteiger partial charge in [-0.05, 0) is 18.2 Å². The van der Waals surface area contributed by atoms with Crippen molar-refractivity contribution in [2.24, 2.45) is 0 Å². The Kier molecular flexibility index (Phi) is 3.57. The normalized spacial score (nSPS) is 20.1. The first kappa shape index (κ1) is 11.8. The molecular formula is C12H13FN2O2. The Bertz CT molecular complexity index is 445. The lowest BCUT2D eigenvalue weighted by Crippen LogP contribution is -2.48.